The topological polar surface area (TPSA) is 40.5 Å². The summed E-state index contributed by atoms with van der Waals surface area (Å²) in [6.07, 6.45) is 2.93. The summed E-state index contributed by atoms with van der Waals surface area (Å²) in [5.41, 5.74) is 1.10. The Kier molecular flexibility index (Phi) is 1.93. The van der Waals surface area contributed by atoms with Crippen LogP contribution in [0.15, 0.2) is 12.3 Å². The number of amidine groups is 1. The normalized spacial score (nSPS) is 27.4. The number of hydrogen-bond donors (Lipinski definition) is 2. The Morgan fingerprint density at radius 2 is 2.56 bits per heavy atom. The minimum Gasteiger partial charge on any atom is -0.272 e. The van der Waals surface area contributed by atoms with Gasteiger partial charge in [-0.15, -0.1) is 0 Å². The second-order valence-electron chi connectivity index (χ2n) is 2.17. The number of quaternary nitrogens is 1. The monoisotopic (exact) mass is 143 g/mol. The molecular weight excluding hydrogens is 132 g/mol. The Labute approximate surface area is 59.2 Å². The van der Waals surface area contributed by atoms with Crippen molar-refractivity contribution in [3.63, 3.8) is 0 Å². The maximum absolute atomic E-state index is 7.28. The van der Waals surface area contributed by atoms with Gasteiger partial charge in [0.25, 0.3) is 0 Å². The molecule has 1 saturated heterocycles. The first-order chi connectivity index (χ1) is 4.24. The summed E-state index contributed by atoms with van der Waals surface area (Å²) < 4.78 is 0. The highest BCUT2D eigenvalue weighted by molar-refractivity contribution is 7.99. The summed E-state index contributed by atoms with van der Waals surface area (Å²) in [6, 6.07) is 0. The molecule has 3 heteroatoms. The lowest BCUT2D eigenvalue weighted by atomic mass is 10.3. The minimum atomic E-state index is 0.484. The summed E-state index contributed by atoms with van der Waals surface area (Å²) in [5.74, 6) is 0.722. The molecule has 1 rings (SSSR count). The van der Waals surface area contributed by atoms with Crippen LogP contribution in [0.3, 0.4) is 0 Å². The minimum absolute atomic E-state index is 0.484. The molecule has 0 bridgehead atoms. The molecule has 0 aliphatic carbocycles. The molecule has 1 atom stereocenters. The third-order valence-corrected chi connectivity index (χ3v) is 2.50. The van der Waals surface area contributed by atoms with Crippen molar-refractivity contribution in [1.29, 1.82) is 5.41 Å². The van der Waals surface area contributed by atoms with Gasteiger partial charge in [0.05, 0.1) is 11.7 Å². The van der Waals surface area contributed by atoms with Gasteiger partial charge in [0, 0.05) is 0 Å². The Morgan fingerprint density at radius 1 is 1.89 bits per heavy atom. The van der Waals surface area contributed by atoms with Crippen molar-refractivity contribution in [1.82, 2.24) is 0 Å². The van der Waals surface area contributed by atoms with E-state index in [1.54, 1.807) is 11.8 Å². The van der Waals surface area contributed by atoms with Crippen molar-refractivity contribution < 1.29 is 5.32 Å². The highest BCUT2D eigenvalue weighted by atomic mass is 32.2. The Bertz CT molecular complexity index is 153. The molecule has 0 aromatic heterocycles. The lowest BCUT2D eigenvalue weighted by Crippen LogP contribution is -2.82. The van der Waals surface area contributed by atoms with Crippen molar-refractivity contribution in [2.75, 3.05) is 6.26 Å². The molecule has 50 valence electrons. The average Bonchev–Trinajstić information content (AvgIpc) is 2.10. The maximum Gasteiger partial charge on any atom is 0.198 e. The Balaban J connectivity index is 2.58. The molecule has 0 aromatic carbocycles. The number of nitrogens with two attached hydrogens (primary N) is 1. The standard InChI is InChI=1S/C6H10N2S/c1-4-5(9-2)3-6(7)8-4/h5H,1,3H2,2H3,(H2,7,8)/p+1. The van der Waals surface area contributed by atoms with E-state index in [1.807, 2.05) is 5.32 Å². The molecule has 1 aliphatic rings. The molecule has 1 heterocycles. The maximum atomic E-state index is 7.28. The molecule has 3 N–H and O–H groups in total. The van der Waals surface area contributed by atoms with Crippen LogP contribution < -0.4 is 5.32 Å². The highest BCUT2D eigenvalue weighted by Gasteiger charge is 2.26. The SMILES string of the molecule is C=C1[NH2+]C(=N)CC1SC. The van der Waals surface area contributed by atoms with Crippen LogP contribution in [0.1, 0.15) is 6.42 Å². The zero-order chi connectivity index (χ0) is 6.85. The lowest BCUT2D eigenvalue weighted by Gasteiger charge is -1.97. The van der Waals surface area contributed by atoms with Crippen molar-refractivity contribution in [3.8, 4) is 0 Å². The predicted molar refractivity (Wildman–Crippen MR) is 40.7 cm³/mol. The van der Waals surface area contributed by atoms with E-state index in [-0.39, 0.29) is 0 Å². The van der Waals surface area contributed by atoms with Crippen molar-refractivity contribution >= 4 is 17.6 Å². The molecular formula is C6H11N2S+. The third kappa shape index (κ3) is 1.34. The van der Waals surface area contributed by atoms with E-state index in [0.717, 1.165) is 18.0 Å². The van der Waals surface area contributed by atoms with Gasteiger partial charge in [0.1, 0.15) is 5.70 Å². The second-order valence-corrected chi connectivity index (χ2v) is 3.21. The van der Waals surface area contributed by atoms with Crippen molar-refractivity contribution in [2.45, 2.75) is 11.7 Å². The van der Waals surface area contributed by atoms with E-state index in [9.17, 15) is 0 Å². The number of thioether (sulfide) groups is 1. The lowest BCUT2D eigenvalue weighted by molar-refractivity contribution is -0.476. The second kappa shape index (κ2) is 2.54. The average molecular weight is 143 g/mol. The molecule has 2 nitrogen and oxygen atoms in total. The number of rotatable bonds is 1. The Morgan fingerprint density at radius 3 is 2.78 bits per heavy atom. The van der Waals surface area contributed by atoms with E-state index < -0.39 is 0 Å². The van der Waals surface area contributed by atoms with Gasteiger partial charge in [-0.1, -0.05) is 0 Å². The number of hydrogen-bond acceptors (Lipinski definition) is 2. The fourth-order valence-electron chi connectivity index (χ4n) is 0.941. The molecule has 0 radical (unpaired) electrons. The Hall–Kier alpha value is -0.280. The summed E-state index contributed by atoms with van der Waals surface area (Å²) in [6.45, 7) is 3.84. The van der Waals surface area contributed by atoms with Crippen LogP contribution in [-0.2, 0) is 0 Å². The van der Waals surface area contributed by atoms with E-state index in [0.29, 0.717) is 5.25 Å². The van der Waals surface area contributed by atoms with Crippen LogP contribution in [-0.4, -0.2) is 17.3 Å². The summed E-state index contributed by atoms with van der Waals surface area (Å²) in [5, 5.41) is 9.63. The van der Waals surface area contributed by atoms with Crippen LogP contribution in [0.25, 0.3) is 0 Å². The van der Waals surface area contributed by atoms with Gasteiger partial charge in [0.15, 0.2) is 5.84 Å². The van der Waals surface area contributed by atoms with Crippen molar-refractivity contribution in [3.05, 3.63) is 12.3 Å². The van der Waals surface area contributed by atoms with E-state index in [2.05, 4.69) is 12.8 Å². The fourth-order valence-corrected chi connectivity index (χ4v) is 1.66. The van der Waals surface area contributed by atoms with E-state index >= 15 is 0 Å². The summed E-state index contributed by atoms with van der Waals surface area (Å²) in [4.78, 5) is 0. The van der Waals surface area contributed by atoms with Gasteiger partial charge < -0.3 is 0 Å². The van der Waals surface area contributed by atoms with Crippen LogP contribution in [0.4, 0.5) is 0 Å². The zero-order valence-electron chi connectivity index (χ0n) is 5.48. The van der Waals surface area contributed by atoms with E-state index in [1.165, 1.54) is 0 Å². The number of nitrogens with one attached hydrogen (secondary N) is 1. The first-order valence-electron chi connectivity index (χ1n) is 2.88. The molecule has 1 aliphatic heterocycles. The first-order valence-corrected chi connectivity index (χ1v) is 4.16. The van der Waals surface area contributed by atoms with Crippen molar-refractivity contribution in [2.24, 2.45) is 0 Å². The summed E-state index contributed by atoms with van der Waals surface area (Å²) in [7, 11) is 0. The molecule has 0 amide bonds. The largest absolute Gasteiger partial charge is 0.272 e. The molecule has 0 aromatic rings. The quantitative estimate of drug-likeness (QED) is 0.540. The molecule has 9 heavy (non-hydrogen) atoms. The van der Waals surface area contributed by atoms with Crippen LogP contribution in [0, 0.1) is 5.41 Å². The van der Waals surface area contributed by atoms with Gasteiger partial charge in [-0.2, -0.15) is 11.8 Å². The highest BCUT2D eigenvalue weighted by Crippen LogP contribution is 2.17. The van der Waals surface area contributed by atoms with Crippen LogP contribution in [0.5, 0.6) is 0 Å². The molecule has 1 unspecified atom stereocenters. The van der Waals surface area contributed by atoms with Crippen LogP contribution in [0.2, 0.25) is 0 Å². The van der Waals surface area contributed by atoms with Crippen LogP contribution >= 0.6 is 11.8 Å². The predicted octanol–water partition coefficient (Wildman–Crippen LogP) is 0.176. The van der Waals surface area contributed by atoms with E-state index in [4.69, 9.17) is 5.41 Å². The third-order valence-electron chi connectivity index (χ3n) is 1.46. The molecule has 0 spiro atoms. The van der Waals surface area contributed by atoms with Gasteiger partial charge >= 0.3 is 0 Å². The van der Waals surface area contributed by atoms with Gasteiger partial charge in [-0.25, -0.2) is 0 Å². The molecule has 1 fully saturated rings. The zero-order valence-corrected chi connectivity index (χ0v) is 6.29. The smallest absolute Gasteiger partial charge is 0.198 e. The first kappa shape index (κ1) is 6.83. The van der Waals surface area contributed by atoms with Gasteiger partial charge in [-0.3, -0.25) is 10.7 Å². The fraction of sp³-hybridized carbons (Fsp3) is 0.500. The van der Waals surface area contributed by atoms with Gasteiger partial charge in [-0.05, 0) is 12.8 Å². The molecule has 0 saturated carbocycles. The van der Waals surface area contributed by atoms with Gasteiger partial charge in [0.2, 0.25) is 0 Å². The summed E-state index contributed by atoms with van der Waals surface area (Å²) >= 11 is 1.77.